The maximum Gasteiger partial charge on any atom is 0.260 e. The number of hydrogen-bond acceptors (Lipinski definition) is 5. The Morgan fingerprint density at radius 3 is 2.48 bits per heavy atom. The van der Waals surface area contributed by atoms with Crippen LogP contribution in [0.1, 0.15) is 12.5 Å². The van der Waals surface area contributed by atoms with Gasteiger partial charge in [-0.1, -0.05) is 35.3 Å². The van der Waals surface area contributed by atoms with Crippen molar-refractivity contribution in [2.24, 2.45) is 0 Å². The number of carbonyl (C=O) groups excluding carboxylic acids is 1. The van der Waals surface area contributed by atoms with Crippen LogP contribution < -0.4 is 10.1 Å². The molecule has 3 rings (SSSR count). The van der Waals surface area contributed by atoms with Crippen LogP contribution in [0.2, 0.25) is 10.0 Å². The van der Waals surface area contributed by atoms with Crippen molar-refractivity contribution in [1.29, 1.82) is 0 Å². The fourth-order valence-corrected chi connectivity index (χ4v) is 4.91. The van der Waals surface area contributed by atoms with Crippen molar-refractivity contribution in [3.8, 4) is 5.75 Å². The minimum atomic E-state index is -3.51. The summed E-state index contributed by atoms with van der Waals surface area (Å²) in [6, 6.07) is 11.5. The Morgan fingerprint density at radius 2 is 1.84 bits per heavy atom. The van der Waals surface area contributed by atoms with Gasteiger partial charge in [0.15, 0.2) is 6.10 Å². The van der Waals surface area contributed by atoms with E-state index in [4.69, 9.17) is 32.7 Å². The van der Waals surface area contributed by atoms with Crippen LogP contribution in [0.25, 0.3) is 0 Å². The summed E-state index contributed by atoms with van der Waals surface area (Å²) in [6.07, 6.45) is -0.183. The molecule has 1 atom stereocenters. The largest absolute Gasteiger partial charge is 0.479 e. The molecule has 7 nitrogen and oxygen atoms in total. The standard InChI is InChI=1S/C21H24Cl2N2O5S/c1-15(30-20-7-4-17(22)14-19(20)23)21(26)24-9-8-16-2-5-18(6-3-16)31(27,28)25-10-12-29-13-11-25/h2-7,14-15H,8-13H2,1H3,(H,24,26). The molecule has 0 radical (unpaired) electrons. The number of rotatable bonds is 8. The smallest absolute Gasteiger partial charge is 0.260 e. The Kier molecular flexibility index (Phi) is 8.18. The van der Waals surface area contributed by atoms with E-state index in [9.17, 15) is 13.2 Å². The molecule has 2 aromatic rings. The van der Waals surface area contributed by atoms with E-state index < -0.39 is 16.1 Å². The number of halogens is 2. The molecule has 1 heterocycles. The molecule has 1 aliphatic heterocycles. The molecule has 1 amide bonds. The van der Waals surface area contributed by atoms with Crippen molar-refractivity contribution in [3.63, 3.8) is 0 Å². The lowest BCUT2D eigenvalue weighted by molar-refractivity contribution is -0.127. The molecule has 0 saturated carbocycles. The maximum absolute atomic E-state index is 12.7. The SMILES string of the molecule is CC(Oc1ccc(Cl)cc1Cl)C(=O)NCCc1ccc(S(=O)(=O)N2CCOCC2)cc1. The van der Waals surface area contributed by atoms with Gasteiger partial charge in [0, 0.05) is 24.7 Å². The predicted octanol–water partition coefficient (Wildman–Crippen LogP) is 3.14. The topological polar surface area (TPSA) is 84.9 Å². The highest BCUT2D eigenvalue weighted by Gasteiger charge is 2.26. The molecule has 0 aromatic heterocycles. The van der Waals surface area contributed by atoms with Gasteiger partial charge < -0.3 is 14.8 Å². The van der Waals surface area contributed by atoms with Gasteiger partial charge in [0.2, 0.25) is 10.0 Å². The van der Waals surface area contributed by atoms with E-state index >= 15 is 0 Å². The first-order chi connectivity index (χ1) is 14.8. The molecule has 1 aliphatic rings. The zero-order chi connectivity index (χ0) is 22.4. The quantitative estimate of drug-likeness (QED) is 0.619. The number of amides is 1. The van der Waals surface area contributed by atoms with Crippen molar-refractivity contribution < 1.29 is 22.7 Å². The summed E-state index contributed by atoms with van der Waals surface area (Å²) in [5, 5.41) is 3.62. The summed E-state index contributed by atoms with van der Waals surface area (Å²) in [6.45, 7) is 3.55. The van der Waals surface area contributed by atoms with Gasteiger partial charge in [0.25, 0.3) is 5.91 Å². The third-order valence-corrected chi connectivity index (χ3v) is 7.25. The van der Waals surface area contributed by atoms with Crippen molar-refractivity contribution in [3.05, 3.63) is 58.1 Å². The Balaban J connectivity index is 1.49. The second kappa shape index (κ2) is 10.7. The highest BCUT2D eigenvalue weighted by Crippen LogP contribution is 2.28. The predicted molar refractivity (Wildman–Crippen MR) is 119 cm³/mol. The third-order valence-electron chi connectivity index (χ3n) is 4.81. The maximum atomic E-state index is 12.7. The van der Waals surface area contributed by atoms with E-state index in [-0.39, 0.29) is 10.8 Å². The summed E-state index contributed by atoms with van der Waals surface area (Å²) >= 11 is 11.9. The van der Waals surface area contributed by atoms with Crippen molar-refractivity contribution in [2.75, 3.05) is 32.8 Å². The Morgan fingerprint density at radius 1 is 1.16 bits per heavy atom. The number of benzene rings is 2. The van der Waals surface area contributed by atoms with Crippen LogP contribution in [0.3, 0.4) is 0 Å². The van der Waals surface area contributed by atoms with Gasteiger partial charge in [0.1, 0.15) is 5.75 Å². The van der Waals surface area contributed by atoms with Crippen LogP contribution in [0.5, 0.6) is 5.75 Å². The van der Waals surface area contributed by atoms with Crippen LogP contribution >= 0.6 is 23.2 Å². The van der Waals surface area contributed by atoms with Gasteiger partial charge in [-0.05, 0) is 49.2 Å². The lowest BCUT2D eigenvalue weighted by Gasteiger charge is -2.26. The number of nitrogens with one attached hydrogen (secondary N) is 1. The zero-order valence-corrected chi connectivity index (χ0v) is 19.3. The average Bonchev–Trinajstić information content (AvgIpc) is 2.76. The van der Waals surface area contributed by atoms with Crippen molar-refractivity contribution in [2.45, 2.75) is 24.3 Å². The first kappa shape index (κ1) is 23.8. The molecular weight excluding hydrogens is 463 g/mol. The molecule has 0 spiro atoms. The van der Waals surface area contributed by atoms with E-state index in [1.54, 1.807) is 49.4 Å². The number of nitrogens with zero attached hydrogens (tertiary/aromatic N) is 1. The van der Waals surface area contributed by atoms with Crippen LogP contribution in [0, 0.1) is 0 Å². The van der Waals surface area contributed by atoms with Crippen molar-refractivity contribution >= 4 is 39.1 Å². The van der Waals surface area contributed by atoms with Gasteiger partial charge in [-0.3, -0.25) is 4.79 Å². The van der Waals surface area contributed by atoms with Gasteiger partial charge in [-0.15, -0.1) is 0 Å². The fourth-order valence-electron chi connectivity index (χ4n) is 3.05. The molecule has 31 heavy (non-hydrogen) atoms. The second-order valence-corrected chi connectivity index (χ2v) is 9.82. The van der Waals surface area contributed by atoms with E-state index in [0.29, 0.717) is 55.1 Å². The van der Waals surface area contributed by atoms with E-state index in [1.807, 2.05) is 0 Å². The van der Waals surface area contributed by atoms with Crippen LogP contribution in [0.15, 0.2) is 47.4 Å². The van der Waals surface area contributed by atoms with Crippen LogP contribution in [-0.4, -0.2) is 57.6 Å². The van der Waals surface area contributed by atoms with E-state index in [2.05, 4.69) is 5.32 Å². The molecule has 1 unspecified atom stereocenters. The van der Waals surface area contributed by atoms with Gasteiger partial charge in [0.05, 0.1) is 23.1 Å². The minimum absolute atomic E-state index is 0.254. The Labute approximate surface area is 192 Å². The van der Waals surface area contributed by atoms with Crippen molar-refractivity contribution in [1.82, 2.24) is 9.62 Å². The molecule has 0 aliphatic carbocycles. The summed E-state index contributed by atoms with van der Waals surface area (Å²) in [4.78, 5) is 12.5. The lowest BCUT2D eigenvalue weighted by atomic mass is 10.1. The molecule has 1 N–H and O–H groups in total. The number of morpholine rings is 1. The fraction of sp³-hybridized carbons (Fsp3) is 0.381. The third kappa shape index (κ3) is 6.33. The number of carbonyl (C=O) groups is 1. The minimum Gasteiger partial charge on any atom is -0.479 e. The second-order valence-electron chi connectivity index (χ2n) is 7.04. The van der Waals surface area contributed by atoms with Gasteiger partial charge in [-0.25, -0.2) is 8.42 Å². The number of hydrogen-bond donors (Lipinski definition) is 1. The average molecular weight is 487 g/mol. The highest BCUT2D eigenvalue weighted by molar-refractivity contribution is 7.89. The molecule has 2 aromatic carbocycles. The summed E-state index contributed by atoms with van der Waals surface area (Å²) in [5.41, 5.74) is 0.913. The highest BCUT2D eigenvalue weighted by atomic mass is 35.5. The lowest BCUT2D eigenvalue weighted by Crippen LogP contribution is -2.40. The molecule has 168 valence electrons. The molecule has 1 fully saturated rings. The zero-order valence-electron chi connectivity index (χ0n) is 17.0. The summed E-state index contributed by atoms with van der Waals surface area (Å²) in [5.74, 6) is 0.100. The summed E-state index contributed by atoms with van der Waals surface area (Å²) < 4.78 is 37.5. The molecule has 10 heteroatoms. The molecule has 1 saturated heterocycles. The molecular formula is C21H24Cl2N2O5S. The van der Waals surface area contributed by atoms with Crippen LogP contribution in [0.4, 0.5) is 0 Å². The first-order valence-corrected chi connectivity index (χ1v) is 12.0. The normalized spacial score (nSPS) is 16.0. The number of ether oxygens (including phenoxy) is 2. The van der Waals surface area contributed by atoms with E-state index in [0.717, 1.165) is 5.56 Å². The summed E-state index contributed by atoms with van der Waals surface area (Å²) in [7, 11) is -3.51. The van der Waals surface area contributed by atoms with Gasteiger partial charge in [-0.2, -0.15) is 4.31 Å². The van der Waals surface area contributed by atoms with Crippen LogP contribution in [-0.2, 0) is 26.0 Å². The number of sulfonamides is 1. The monoisotopic (exact) mass is 486 g/mol. The Bertz CT molecular complexity index is 1010. The van der Waals surface area contributed by atoms with E-state index in [1.165, 1.54) is 4.31 Å². The molecule has 0 bridgehead atoms. The first-order valence-electron chi connectivity index (χ1n) is 9.83. The van der Waals surface area contributed by atoms with Gasteiger partial charge >= 0.3 is 0 Å². The Hall–Kier alpha value is -1.84.